The summed E-state index contributed by atoms with van der Waals surface area (Å²) in [5, 5.41) is 3.06. The molecule has 18 heavy (non-hydrogen) atoms. The Morgan fingerprint density at radius 3 is 2.72 bits per heavy atom. The van der Waals surface area contributed by atoms with Crippen LogP contribution in [0.3, 0.4) is 0 Å². The highest BCUT2D eigenvalue weighted by atomic mass is 32.2. The molecule has 0 heterocycles. The quantitative estimate of drug-likeness (QED) is 0.731. The van der Waals surface area contributed by atoms with Gasteiger partial charge in [-0.1, -0.05) is 43.7 Å². The van der Waals surface area contributed by atoms with E-state index < -0.39 is 0 Å². The molecular formula is C15H23NOS. The summed E-state index contributed by atoms with van der Waals surface area (Å²) in [6, 6.07) is 10.2. The van der Waals surface area contributed by atoms with Crippen LogP contribution < -0.4 is 5.32 Å². The number of carbonyl (C=O) groups is 1. The van der Waals surface area contributed by atoms with E-state index in [1.165, 1.54) is 18.4 Å². The SMILES string of the molecule is CCCCSC(C)C(=O)NCCc1ccccc1. The van der Waals surface area contributed by atoms with Gasteiger partial charge in [-0.15, -0.1) is 11.8 Å². The van der Waals surface area contributed by atoms with Crippen LogP contribution in [-0.2, 0) is 11.2 Å². The van der Waals surface area contributed by atoms with Crippen LogP contribution in [0.25, 0.3) is 0 Å². The fraction of sp³-hybridized carbons (Fsp3) is 0.533. The van der Waals surface area contributed by atoms with Crippen LogP contribution in [0.2, 0.25) is 0 Å². The van der Waals surface area contributed by atoms with Crippen molar-refractivity contribution in [2.24, 2.45) is 0 Å². The highest BCUT2D eigenvalue weighted by Crippen LogP contribution is 2.12. The van der Waals surface area contributed by atoms with E-state index in [1.807, 2.05) is 25.1 Å². The average Bonchev–Trinajstić information content (AvgIpc) is 2.40. The van der Waals surface area contributed by atoms with E-state index in [-0.39, 0.29) is 11.2 Å². The number of amides is 1. The molecule has 1 atom stereocenters. The maximum atomic E-state index is 11.8. The molecule has 1 aromatic carbocycles. The standard InChI is InChI=1S/C15H23NOS/c1-3-4-12-18-13(2)15(17)16-11-10-14-8-6-5-7-9-14/h5-9,13H,3-4,10-12H2,1-2H3,(H,16,17). The Balaban J connectivity index is 2.16. The highest BCUT2D eigenvalue weighted by Gasteiger charge is 2.11. The first-order valence-corrected chi connectivity index (χ1v) is 7.72. The second-order valence-electron chi connectivity index (χ2n) is 4.39. The number of rotatable bonds is 8. The lowest BCUT2D eigenvalue weighted by Crippen LogP contribution is -2.32. The van der Waals surface area contributed by atoms with Crippen molar-refractivity contribution in [3.8, 4) is 0 Å². The van der Waals surface area contributed by atoms with E-state index >= 15 is 0 Å². The largest absolute Gasteiger partial charge is 0.355 e. The minimum atomic E-state index is 0.0623. The minimum Gasteiger partial charge on any atom is -0.355 e. The second kappa shape index (κ2) is 9.03. The van der Waals surface area contributed by atoms with Crippen molar-refractivity contribution in [2.75, 3.05) is 12.3 Å². The monoisotopic (exact) mass is 265 g/mol. The van der Waals surface area contributed by atoms with Gasteiger partial charge >= 0.3 is 0 Å². The summed E-state index contributed by atoms with van der Waals surface area (Å²) in [6.45, 7) is 4.88. The van der Waals surface area contributed by atoms with Crippen LogP contribution in [0.15, 0.2) is 30.3 Å². The van der Waals surface area contributed by atoms with Crippen molar-refractivity contribution in [3.05, 3.63) is 35.9 Å². The lowest BCUT2D eigenvalue weighted by molar-refractivity contribution is -0.120. The van der Waals surface area contributed by atoms with Crippen molar-refractivity contribution in [2.45, 2.75) is 38.4 Å². The predicted octanol–water partition coefficient (Wildman–Crippen LogP) is 3.27. The predicted molar refractivity (Wildman–Crippen MR) is 80.0 cm³/mol. The van der Waals surface area contributed by atoms with E-state index in [1.54, 1.807) is 11.8 Å². The van der Waals surface area contributed by atoms with Gasteiger partial charge in [0.25, 0.3) is 0 Å². The van der Waals surface area contributed by atoms with Crippen molar-refractivity contribution >= 4 is 17.7 Å². The van der Waals surface area contributed by atoms with Gasteiger partial charge < -0.3 is 5.32 Å². The maximum Gasteiger partial charge on any atom is 0.232 e. The zero-order valence-corrected chi connectivity index (χ0v) is 12.1. The molecule has 0 saturated heterocycles. The van der Waals surface area contributed by atoms with Gasteiger partial charge in [-0.05, 0) is 31.1 Å². The Morgan fingerprint density at radius 2 is 2.06 bits per heavy atom. The third kappa shape index (κ3) is 6.10. The maximum absolute atomic E-state index is 11.8. The molecule has 0 spiro atoms. The normalized spacial score (nSPS) is 12.1. The Bertz CT molecular complexity index is 340. The van der Waals surface area contributed by atoms with E-state index in [0.717, 1.165) is 18.7 Å². The summed E-state index contributed by atoms with van der Waals surface area (Å²) in [7, 11) is 0. The molecule has 1 unspecified atom stereocenters. The van der Waals surface area contributed by atoms with Gasteiger partial charge in [-0.2, -0.15) is 0 Å². The molecule has 1 N–H and O–H groups in total. The van der Waals surface area contributed by atoms with Gasteiger partial charge in [-0.25, -0.2) is 0 Å². The van der Waals surface area contributed by atoms with Crippen LogP contribution in [0.5, 0.6) is 0 Å². The van der Waals surface area contributed by atoms with Gasteiger partial charge in [0, 0.05) is 6.54 Å². The summed E-state index contributed by atoms with van der Waals surface area (Å²) >= 11 is 1.74. The molecule has 0 aliphatic heterocycles. The Kier molecular flexibility index (Phi) is 7.58. The van der Waals surface area contributed by atoms with Crippen molar-refractivity contribution in [1.82, 2.24) is 5.32 Å². The Morgan fingerprint density at radius 1 is 1.33 bits per heavy atom. The first-order valence-electron chi connectivity index (χ1n) is 6.67. The molecule has 0 fully saturated rings. The zero-order chi connectivity index (χ0) is 13.2. The third-order valence-corrected chi connectivity index (χ3v) is 4.03. The highest BCUT2D eigenvalue weighted by molar-refractivity contribution is 8.00. The summed E-state index contributed by atoms with van der Waals surface area (Å²) in [4.78, 5) is 11.8. The van der Waals surface area contributed by atoms with Crippen molar-refractivity contribution in [1.29, 1.82) is 0 Å². The molecule has 0 aliphatic carbocycles. The van der Waals surface area contributed by atoms with Crippen molar-refractivity contribution in [3.63, 3.8) is 0 Å². The number of carbonyl (C=O) groups excluding carboxylic acids is 1. The second-order valence-corrected chi connectivity index (χ2v) is 5.84. The van der Waals surface area contributed by atoms with Crippen molar-refractivity contribution < 1.29 is 4.79 Å². The van der Waals surface area contributed by atoms with Crippen LogP contribution in [0.4, 0.5) is 0 Å². The minimum absolute atomic E-state index is 0.0623. The zero-order valence-electron chi connectivity index (χ0n) is 11.3. The molecule has 0 bridgehead atoms. The fourth-order valence-corrected chi connectivity index (χ4v) is 2.64. The summed E-state index contributed by atoms with van der Waals surface area (Å²) < 4.78 is 0. The lowest BCUT2D eigenvalue weighted by Gasteiger charge is -2.11. The Labute approximate surface area is 115 Å². The fourth-order valence-electron chi connectivity index (χ4n) is 1.60. The number of benzene rings is 1. The van der Waals surface area contributed by atoms with E-state index in [0.29, 0.717) is 0 Å². The number of nitrogens with one attached hydrogen (secondary N) is 1. The van der Waals surface area contributed by atoms with Crippen LogP contribution >= 0.6 is 11.8 Å². The first-order chi connectivity index (χ1) is 8.74. The van der Waals surface area contributed by atoms with E-state index in [2.05, 4.69) is 24.4 Å². The Hall–Kier alpha value is -0.960. The molecule has 0 saturated carbocycles. The molecule has 1 rings (SSSR count). The molecule has 2 nitrogen and oxygen atoms in total. The summed E-state index contributed by atoms with van der Waals surface area (Å²) in [5.41, 5.74) is 1.27. The van der Waals surface area contributed by atoms with E-state index in [9.17, 15) is 4.79 Å². The summed E-state index contributed by atoms with van der Waals surface area (Å²) in [5.74, 6) is 1.23. The number of unbranched alkanes of at least 4 members (excludes halogenated alkanes) is 1. The summed E-state index contributed by atoms with van der Waals surface area (Å²) in [6.07, 6.45) is 3.28. The first kappa shape index (κ1) is 15.1. The van der Waals surface area contributed by atoms with Gasteiger partial charge in [0.2, 0.25) is 5.91 Å². The van der Waals surface area contributed by atoms with Gasteiger partial charge in [0.05, 0.1) is 5.25 Å². The van der Waals surface area contributed by atoms with Gasteiger partial charge in [-0.3, -0.25) is 4.79 Å². The van der Waals surface area contributed by atoms with Crippen LogP contribution in [0, 0.1) is 0 Å². The molecule has 0 radical (unpaired) electrons. The van der Waals surface area contributed by atoms with Gasteiger partial charge in [0.1, 0.15) is 0 Å². The molecular weight excluding hydrogens is 242 g/mol. The molecule has 0 aromatic heterocycles. The lowest BCUT2D eigenvalue weighted by atomic mass is 10.1. The molecule has 100 valence electrons. The topological polar surface area (TPSA) is 29.1 Å². The molecule has 3 heteroatoms. The van der Waals surface area contributed by atoms with Crippen LogP contribution in [-0.4, -0.2) is 23.5 Å². The molecule has 0 aliphatic rings. The number of hydrogen-bond acceptors (Lipinski definition) is 2. The average molecular weight is 265 g/mol. The molecule has 1 amide bonds. The molecule has 1 aromatic rings. The number of thioether (sulfide) groups is 1. The third-order valence-electron chi connectivity index (χ3n) is 2.79. The van der Waals surface area contributed by atoms with Crippen LogP contribution in [0.1, 0.15) is 32.3 Å². The van der Waals surface area contributed by atoms with Gasteiger partial charge in [0.15, 0.2) is 0 Å². The smallest absolute Gasteiger partial charge is 0.232 e. The van der Waals surface area contributed by atoms with E-state index in [4.69, 9.17) is 0 Å². The number of hydrogen-bond donors (Lipinski definition) is 1.